The Labute approximate surface area is 167 Å². The van der Waals surface area contributed by atoms with Gasteiger partial charge in [0.15, 0.2) is 5.65 Å². The van der Waals surface area contributed by atoms with Gasteiger partial charge in [-0.1, -0.05) is 12.1 Å². The monoisotopic (exact) mass is 400 g/mol. The Morgan fingerprint density at radius 3 is 2.76 bits per heavy atom. The molecule has 0 radical (unpaired) electrons. The summed E-state index contributed by atoms with van der Waals surface area (Å²) >= 11 is 0. The average Bonchev–Trinajstić information content (AvgIpc) is 3.35. The van der Waals surface area contributed by atoms with Gasteiger partial charge in [0.2, 0.25) is 0 Å². The molecule has 1 aromatic carbocycles. The van der Waals surface area contributed by atoms with E-state index < -0.39 is 6.43 Å². The molecule has 29 heavy (non-hydrogen) atoms. The summed E-state index contributed by atoms with van der Waals surface area (Å²) in [5, 5.41) is 4.01. The van der Waals surface area contributed by atoms with Crippen molar-refractivity contribution in [1.82, 2.24) is 19.5 Å². The number of nitrogens with zero attached hydrogens (tertiary/aromatic N) is 4. The van der Waals surface area contributed by atoms with Crippen molar-refractivity contribution in [3.63, 3.8) is 0 Å². The molecule has 0 spiro atoms. The molecule has 1 aliphatic heterocycles. The van der Waals surface area contributed by atoms with Crippen LogP contribution in [0.2, 0.25) is 0 Å². The van der Waals surface area contributed by atoms with Gasteiger partial charge in [0.05, 0.1) is 18.8 Å². The maximum absolute atomic E-state index is 13.4. The van der Waals surface area contributed by atoms with Gasteiger partial charge in [0.1, 0.15) is 17.0 Å². The molecule has 152 valence electrons. The van der Waals surface area contributed by atoms with Crippen LogP contribution in [0.1, 0.15) is 59.5 Å². The van der Waals surface area contributed by atoms with Crippen LogP contribution >= 0.6 is 0 Å². The topological polar surface area (TPSA) is 59.7 Å². The lowest BCUT2D eigenvalue weighted by Gasteiger charge is -2.25. The van der Waals surface area contributed by atoms with Crippen molar-refractivity contribution in [3.8, 4) is 5.75 Å². The molecule has 8 heteroatoms. The van der Waals surface area contributed by atoms with Gasteiger partial charge in [-0.15, -0.1) is 0 Å². The number of ether oxygens (including phenoxy) is 1. The zero-order valence-corrected chi connectivity index (χ0v) is 16.3. The lowest BCUT2D eigenvalue weighted by Crippen LogP contribution is -2.30. The zero-order valence-electron chi connectivity index (χ0n) is 16.3. The number of halogens is 2. The molecule has 3 aromatic rings. The van der Waals surface area contributed by atoms with Crippen molar-refractivity contribution in [2.45, 2.75) is 39.2 Å². The van der Waals surface area contributed by atoms with Gasteiger partial charge in [-0.3, -0.25) is 4.79 Å². The van der Waals surface area contributed by atoms with Crippen LogP contribution in [0, 0.1) is 6.92 Å². The van der Waals surface area contributed by atoms with E-state index in [0.29, 0.717) is 18.8 Å². The van der Waals surface area contributed by atoms with Crippen LogP contribution in [-0.4, -0.2) is 38.6 Å². The summed E-state index contributed by atoms with van der Waals surface area (Å²) in [6.07, 6.45) is 0.347. The van der Waals surface area contributed by atoms with Gasteiger partial charge in [0.25, 0.3) is 12.3 Å². The minimum atomic E-state index is -2.70. The lowest BCUT2D eigenvalue weighted by molar-refractivity contribution is 0.0737. The highest BCUT2D eigenvalue weighted by molar-refractivity contribution is 6.00. The van der Waals surface area contributed by atoms with Gasteiger partial charge in [-0.2, -0.15) is 5.10 Å². The summed E-state index contributed by atoms with van der Waals surface area (Å²) < 4.78 is 33.3. The molecule has 0 N–H and O–H groups in total. The highest BCUT2D eigenvalue weighted by Crippen LogP contribution is 2.34. The normalized spacial score (nSPS) is 16.7. The number of fused-ring (bicyclic) bond motifs is 1. The Hall–Kier alpha value is -3.03. The number of aryl methyl sites for hydroxylation is 1. The number of carbonyl (C=O) groups is 1. The first-order chi connectivity index (χ1) is 14.0. The molecule has 1 saturated heterocycles. The second-order valence-electron chi connectivity index (χ2n) is 7.08. The SMILES string of the molecule is CCOc1ccc(C2CCCN2C(=O)c2cnn3c(C(F)F)cc(C)nc23)cc1. The molecule has 2 aromatic heterocycles. The van der Waals surface area contributed by atoms with E-state index in [0.717, 1.165) is 28.7 Å². The summed E-state index contributed by atoms with van der Waals surface area (Å²) in [6, 6.07) is 8.94. The number of aromatic nitrogens is 3. The summed E-state index contributed by atoms with van der Waals surface area (Å²) in [6.45, 7) is 4.75. The number of hydrogen-bond donors (Lipinski definition) is 0. The second kappa shape index (κ2) is 7.77. The third-order valence-electron chi connectivity index (χ3n) is 5.17. The Morgan fingerprint density at radius 2 is 2.07 bits per heavy atom. The van der Waals surface area contributed by atoms with Crippen LogP contribution in [0.3, 0.4) is 0 Å². The first-order valence-electron chi connectivity index (χ1n) is 9.66. The second-order valence-corrected chi connectivity index (χ2v) is 7.08. The molecule has 0 bridgehead atoms. The molecule has 1 unspecified atom stereocenters. The van der Waals surface area contributed by atoms with Gasteiger partial charge < -0.3 is 9.64 Å². The molecular weight excluding hydrogens is 378 g/mol. The summed E-state index contributed by atoms with van der Waals surface area (Å²) in [5.74, 6) is 0.545. The van der Waals surface area contributed by atoms with Crippen LogP contribution in [-0.2, 0) is 0 Å². The largest absolute Gasteiger partial charge is 0.494 e. The van der Waals surface area contributed by atoms with E-state index in [1.165, 1.54) is 12.3 Å². The van der Waals surface area contributed by atoms with Gasteiger partial charge in [-0.05, 0) is 50.5 Å². The first kappa shape index (κ1) is 19.3. The number of benzene rings is 1. The van der Waals surface area contributed by atoms with Crippen molar-refractivity contribution in [1.29, 1.82) is 0 Å². The zero-order chi connectivity index (χ0) is 20.5. The van der Waals surface area contributed by atoms with Crippen LogP contribution in [0.4, 0.5) is 8.78 Å². The van der Waals surface area contributed by atoms with Crippen molar-refractivity contribution in [2.75, 3.05) is 13.2 Å². The number of rotatable bonds is 5. The maximum atomic E-state index is 13.4. The van der Waals surface area contributed by atoms with E-state index in [2.05, 4.69) is 10.1 Å². The van der Waals surface area contributed by atoms with Gasteiger partial charge >= 0.3 is 0 Å². The standard InChI is InChI=1S/C21H22F2N4O2/c1-3-29-15-8-6-14(7-9-15)17-5-4-10-26(17)21(28)16-12-24-27-18(19(22)23)11-13(2)25-20(16)27/h6-9,11-12,17,19H,3-5,10H2,1-2H3. The number of hydrogen-bond acceptors (Lipinski definition) is 4. The minimum absolute atomic E-state index is 0.0764. The molecule has 3 heterocycles. The molecule has 4 rings (SSSR count). The fourth-order valence-electron chi connectivity index (χ4n) is 3.88. The summed E-state index contributed by atoms with van der Waals surface area (Å²) in [5.41, 5.74) is 1.59. The van der Waals surface area contributed by atoms with Crippen LogP contribution < -0.4 is 4.74 Å². The highest BCUT2D eigenvalue weighted by Gasteiger charge is 2.33. The van der Waals surface area contributed by atoms with E-state index >= 15 is 0 Å². The molecule has 0 aliphatic carbocycles. The molecule has 1 fully saturated rings. The molecule has 0 saturated carbocycles. The average molecular weight is 400 g/mol. The predicted octanol–water partition coefficient (Wildman–Crippen LogP) is 4.35. The molecule has 1 amide bonds. The lowest BCUT2D eigenvalue weighted by atomic mass is 10.0. The molecular formula is C21H22F2N4O2. The quantitative estimate of drug-likeness (QED) is 0.639. The van der Waals surface area contributed by atoms with Crippen molar-refractivity contribution in [3.05, 3.63) is 59.0 Å². The fourth-order valence-corrected chi connectivity index (χ4v) is 3.88. The van der Waals surface area contributed by atoms with E-state index in [1.54, 1.807) is 11.8 Å². The van der Waals surface area contributed by atoms with E-state index in [4.69, 9.17) is 4.74 Å². The Morgan fingerprint density at radius 1 is 1.31 bits per heavy atom. The van der Waals surface area contributed by atoms with Gasteiger partial charge in [-0.25, -0.2) is 18.3 Å². The summed E-state index contributed by atoms with van der Waals surface area (Å²) in [7, 11) is 0. The number of likely N-dealkylation sites (tertiary alicyclic amines) is 1. The first-order valence-corrected chi connectivity index (χ1v) is 9.66. The van der Waals surface area contributed by atoms with Crippen LogP contribution in [0.15, 0.2) is 36.5 Å². The van der Waals surface area contributed by atoms with Crippen molar-refractivity contribution < 1.29 is 18.3 Å². The highest BCUT2D eigenvalue weighted by atomic mass is 19.3. The number of alkyl halides is 2. The third kappa shape index (κ3) is 3.54. The molecule has 1 aliphatic rings. The smallest absolute Gasteiger partial charge is 0.280 e. The Balaban J connectivity index is 1.67. The van der Waals surface area contributed by atoms with Crippen LogP contribution in [0.25, 0.3) is 5.65 Å². The Kier molecular flexibility index (Phi) is 5.17. The molecule has 6 nitrogen and oxygen atoms in total. The van der Waals surface area contributed by atoms with E-state index in [-0.39, 0.29) is 28.9 Å². The van der Waals surface area contributed by atoms with E-state index in [9.17, 15) is 13.6 Å². The summed E-state index contributed by atoms with van der Waals surface area (Å²) in [4.78, 5) is 19.4. The number of amides is 1. The van der Waals surface area contributed by atoms with Gasteiger partial charge in [0, 0.05) is 12.2 Å². The predicted molar refractivity (Wildman–Crippen MR) is 103 cm³/mol. The minimum Gasteiger partial charge on any atom is -0.494 e. The van der Waals surface area contributed by atoms with Crippen LogP contribution in [0.5, 0.6) is 5.75 Å². The third-order valence-corrected chi connectivity index (χ3v) is 5.17. The van der Waals surface area contributed by atoms with E-state index in [1.807, 2.05) is 31.2 Å². The number of carbonyl (C=O) groups excluding carboxylic acids is 1. The molecule has 1 atom stereocenters. The fraction of sp³-hybridized carbons (Fsp3) is 0.381. The van der Waals surface area contributed by atoms with Crippen molar-refractivity contribution in [2.24, 2.45) is 0 Å². The maximum Gasteiger partial charge on any atom is 0.280 e. The van der Waals surface area contributed by atoms with Crippen molar-refractivity contribution >= 4 is 11.6 Å². The Bertz CT molecular complexity index is 1030.